The van der Waals surface area contributed by atoms with Crippen LogP contribution in [-0.4, -0.2) is 46.0 Å². The van der Waals surface area contributed by atoms with Gasteiger partial charge in [0.15, 0.2) is 5.82 Å². The van der Waals surface area contributed by atoms with Crippen LogP contribution in [0.4, 0.5) is 5.82 Å². The van der Waals surface area contributed by atoms with Crippen LogP contribution in [0.5, 0.6) is 0 Å². The van der Waals surface area contributed by atoms with Gasteiger partial charge in [0.25, 0.3) is 0 Å². The monoisotopic (exact) mass is 347 g/mol. The molecule has 1 N–H and O–H groups in total. The Morgan fingerprint density at radius 3 is 2.62 bits per heavy atom. The van der Waals surface area contributed by atoms with Gasteiger partial charge in [-0.15, -0.1) is 0 Å². The summed E-state index contributed by atoms with van der Waals surface area (Å²) in [4.78, 5) is 16.2. The van der Waals surface area contributed by atoms with E-state index in [4.69, 9.17) is 9.97 Å². The van der Waals surface area contributed by atoms with Crippen molar-refractivity contribution in [2.75, 3.05) is 31.5 Å². The van der Waals surface area contributed by atoms with Crippen LogP contribution in [-0.2, 0) is 0 Å². The highest BCUT2D eigenvalue weighted by Crippen LogP contribution is 2.24. The summed E-state index contributed by atoms with van der Waals surface area (Å²) in [6, 6.07) is 12.1. The minimum atomic E-state index is 0.575. The van der Waals surface area contributed by atoms with E-state index in [0.717, 1.165) is 41.2 Å². The van der Waals surface area contributed by atoms with Gasteiger partial charge in [-0.1, -0.05) is 19.1 Å². The van der Waals surface area contributed by atoms with Gasteiger partial charge in [0, 0.05) is 36.4 Å². The number of rotatable bonds is 6. The van der Waals surface area contributed by atoms with E-state index in [0.29, 0.717) is 5.92 Å². The molecule has 0 saturated carbocycles. The summed E-state index contributed by atoms with van der Waals surface area (Å²) in [5, 5.41) is 4.65. The van der Waals surface area contributed by atoms with Crippen molar-refractivity contribution < 1.29 is 0 Å². The van der Waals surface area contributed by atoms with Crippen molar-refractivity contribution in [1.82, 2.24) is 19.9 Å². The maximum absolute atomic E-state index is 4.81. The summed E-state index contributed by atoms with van der Waals surface area (Å²) < 4.78 is 0. The topological polar surface area (TPSA) is 53.9 Å². The highest BCUT2D eigenvalue weighted by atomic mass is 15.1. The molecule has 3 heterocycles. The quantitative estimate of drug-likeness (QED) is 0.734. The van der Waals surface area contributed by atoms with E-state index in [-0.39, 0.29) is 0 Å². The van der Waals surface area contributed by atoms with Gasteiger partial charge in [-0.25, -0.2) is 9.97 Å². The Labute approximate surface area is 154 Å². The molecule has 4 rings (SSSR count). The van der Waals surface area contributed by atoms with Gasteiger partial charge < -0.3 is 10.2 Å². The number of pyridine rings is 1. The second-order valence-corrected chi connectivity index (χ2v) is 7.14. The molecule has 0 radical (unpaired) electrons. The van der Waals surface area contributed by atoms with Crippen LogP contribution in [0.15, 0.2) is 48.8 Å². The lowest BCUT2D eigenvalue weighted by Crippen LogP contribution is -2.29. The Bertz CT molecular complexity index is 859. The Morgan fingerprint density at radius 2 is 1.81 bits per heavy atom. The smallest absolute Gasteiger partial charge is 0.162 e. The minimum Gasteiger partial charge on any atom is -0.369 e. The summed E-state index contributed by atoms with van der Waals surface area (Å²) in [7, 11) is 0. The lowest BCUT2D eigenvalue weighted by Gasteiger charge is -2.21. The van der Waals surface area contributed by atoms with Crippen LogP contribution in [0.3, 0.4) is 0 Å². The van der Waals surface area contributed by atoms with Crippen molar-refractivity contribution in [2.45, 2.75) is 19.8 Å². The van der Waals surface area contributed by atoms with Crippen molar-refractivity contribution in [2.24, 2.45) is 5.92 Å². The molecule has 1 fully saturated rings. The normalized spacial score (nSPS) is 16.0. The lowest BCUT2D eigenvalue weighted by molar-refractivity contribution is 0.294. The van der Waals surface area contributed by atoms with Crippen LogP contribution in [0, 0.1) is 5.92 Å². The Kier molecular flexibility index (Phi) is 5.07. The third kappa shape index (κ3) is 3.83. The van der Waals surface area contributed by atoms with Crippen LogP contribution in [0.25, 0.3) is 22.3 Å². The number of hydrogen-bond acceptors (Lipinski definition) is 5. The van der Waals surface area contributed by atoms with Crippen molar-refractivity contribution >= 4 is 16.7 Å². The van der Waals surface area contributed by atoms with Gasteiger partial charge in [-0.2, -0.15) is 0 Å². The second-order valence-electron chi connectivity index (χ2n) is 7.14. The number of likely N-dealkylation sites (tertiary alicyclic amines) is 1. The maximum Gasteiger partial charge on any atom is 0.162 e. The molecular weight excluding hydrogens is 322 g/mol. The fraction of sp³-hybridized carbons (Fsp3) is 0.381. The first kappa shape index (κ1) is 16.9. The average Bonchev–Trinajstić information content (AvgIpc) is 3.19. The van der Waals surface area contributed by atoms with Crippen LogP contribution in [0.1, 0.15) is 19.8 Å². The first-order valence-electron chi connectivity index (χ1n) is 9.43. The molecule has 0 aliphatic carbocycles. The van der Waals surface area contributed by atoms with Crippen molar-refractivity contribution in [3.05, 3.63) is 48.8 Å². The van der Waals surface area contributed by atoms with Gasteiger partial charge in [-0.05, 0) is 56.1 Å². The molecule has 0 bridgehead atoms. The summed E-state index contributed by atoms with van der Waals surface area (Å²) in [6.07, 6.45) is 6.23. The third-order valence-electron chi connectivity index (χ3n) is 4.93. The number of aromatic nitrogens is 3. The van der Waals surface area contributed by atoms with E-state index in [1.807, 2.05) is 30.3 Å². The van der Waals surface area contributed by atoms with E-state index in [9.17, 15) is 0 Å². The SMILES string of the molecule is CC(CNc1nc(-c2ccncc2)nc2ccccc12)CN1CCCC1. The molecule has 134 valence electrons. The van der Waals surface area contributed by atoms with Gasteiger partial charge in [0.05, 0.1) is 5.52 Å². The first-order valence-corrected chi connectivity index (χ1v) is 9.43. The molecule has 1 atom stereocenters. The van der Waals surface area contributed by atoms with E-state index in [1.54, 1.807) is 12.4 Å². The molecule has 5 nitrogen and oxygen atoms in total. The van der Waals surface area contributed by atoms with Crippen LogP contribution < -0.4 is 5.32 Å². The van der Waals surface area contributed by atoms with E-state index >= 15 is 0 Å². The molecule has 1 aromatic carbocycles. The number of para-hydroxylation sites is 1. The van der Waals surface area contributed by atoms with E-state index in [2.05, 4.69) is 28.2 Å². The summed E-state index contributed by atoms with van der Waals surface area (Å²) in [6.45, 7) is 6.85. The zero-order valence-corrected chi connectivity index (χ0v) is 15.2. The molecule has 26 heavy (non-hydrogen) atoms. The standard InChI is InChI=1S/C21H25N5/c1-16(15-26-12-4-5-13-26)14-23-21-18-6-2-3-7-19(18)24-20(25-21)17-8-10-22-11-9-17/h2-3,6-11,16H,4-5,12-15H2,1H3,(H,23,24,25). The highest BCUT2D eigenvalue weighted by Gasteiger charge is 2.15. The molecule has 5 heteroatoms. The predicted molar refractivity (Wildman–Crippen MR) is 106 cm³/mol. The molecule has 1 aliphatic rings. The van der Waals surface area contributed by atoms with E-state index in [1.165, 1.54) is 25.9 Å². The zero-order chi connectivity index (χ0) is 17.8. The zero-order valence-electron chi connectivity index (χ0n) is 15.2. The third-order valence-corrected chi connectivity index (χ3v) is 4.93. The second kappa shape index (κ2) is 7.79. The number of anilines is 1. The molecule has 1 unspecified atom stereocenters. The average molecular weight is 347 g/mol. The Hall–Kier alpha value is -2.53. The molecular formula is C21H25N5. The summed E-state index contributed by atoms with van der Waals surface area (Å²) >= 11 is 0. The van der Waals surface area contributed by atoms with Crippen molar-refractivity contribution in [3.8, 4) is 11.4 Å². The largest absolute Gasteiger partial charge is 0.369 e. The van der Waals surface area contributed by atoms with Gasteiger partial charge >= 0.3 is 0 Å². The number of nitrogens with zero attached hydrogens (tertiary/aromatic N) is 4. The minimum absolute atomic E-state index is 0.575. The van der Waals surface area contributed by atoms with Crippen molar-refractivity contribution in [1.29, 1.82) is 0 Å². The van der Waals surface area contributed by atoms with E-state index < -0.39 is 0 Å². The summed E-state index contributed by atoms with van der Waals surface area (Å²) in [5.41, 5.74) is 1.95. The Morgan fingerprint density at radius 1 is 1.04 bits per heavy atom. The molecule has 1 saturated heterocycles. The Balaban J connectivity index is 1.56. The molecule has 0 amide bonds. The van der Waals surface area contributed by atoms with Crippen LogP contribution >= 0.6 is 0 Å². The molecule has 0 spiro atoms. The molecule has 1 aliphatic heterocycles. The maximum atomic E-state index is 4.81. The molecule has 3 aromatic rings. The number of hydrogen-bond donors (Lipinski definition) is 1. The summed E-state index contributed by atoms with van der Waals surface area (Å²) in [5.74, 6) is 2.22. The van der Waals surface area contributed by atoms with Crippen molar-refractivity contribution in [3.63, 3.8) is 0 Å². The lowest BCUT2D eigenvalue weighted by atomic mass is 10.1. The number of nitrogens with one attached hydrogen (secondary N) is 1. The fourth-order valence-corrected chi connectivity index (χ4v) is 3.58. The van der Waals surface area contributed by atoms with Gasteiger partial charge in [0.1, 0.15) is 5.82 Å². The van der Waals surface area contributed by atoms with Gasteiger partial charge in [-0.3, -0.25) is 4.98 Å². The van der Waals surface area contributed by atoms with Crippen LogP contribution in [0.2, 0.25) is 0 Å². The number of benzene rings is 1. The first-order chi connectivity index (χ1) is 12.8. The highest BCUT2D eigenvalue weighted by molar-refractivity contribution is 5.90. The predicted octanol–water partition coefficient (Wildman–Crippen LogP) is 3.84. The fourth-order valence-electron chi connectivity index (χ4n) is 3.58. The molecule has 2 aromatic heterocycles. The number of fused-ring (bicyclic) bond motifs is 1. The van der Waals surface area contributed by atoms with Gasteiger partial charge in [0.2, 0.25) is 0 Å².